The van der Waals surface area contributed by atoms with Crippen molar-refractivity contribution in [1.29, 1.82) is 0 Å². The van der Waals surface area contributed by atoms with Gasteiger partial charge in [0.05, 0.1) is 7.11 Å². The van der Waals surface area contributed by atoms with Crippen LogP contribution in [-0.4, -0.2) is 32.8 Å². The normalized spacial score (nSPS) is 12.6. The number of fused-ring (bicyclic) bond motifs is 1. The van der Waals surface area contributed by atoms with E-state index in [1.807, 2.05) is 18.2 Å². The maximum Gasteiger partial charge on any atom is 0.251 e. The molecule has 23 heavy (non-hydrogen) atoms. The van der Waals surface area contributed by atoms with E-state index in [0.29, 0.717) is 25.3 Å². The van der Waals surface area contributed by atoms with Gasteiger partial charge in [0.1, 0.15) is 19.0 Å². The van der Waals surface area contributed by atoms with Crippen molar-refractivity contribution in [3.63, 3.8) is 0 Å². The zero-order chi connectivity index (χ0) is 16.1. The van der Waals surface area contributed by atoms with Gasteiger partial charge in [0.2, 0.25) is 0 Å². The highest BCUT2D eigenvalue weighted by molar-refractivity contribution is 5.94. The number of carbonyl (C=O) groups is 1. The fourth-order valence-electron chi connectivity index (χ4n) is 2.41. The first kappa shape index (κ1) is 15.2. The second-order valence-corrected chi connectivity index (χ2v) is 5.21. The molecule has 1 aliphatic heterocycles. The first-order chi connectivity index (χ1) is 11.3. The Morgan fingerprint density at radius 3 is 2.57 bits per heavy atom. The van der Waals surface area contributed by atoms with E-state index in [0.717, 1.165) is 29.2 Å². The van der Waals surface area contributed by atoms with E-state index >= 15 is 0 Å². The summed E-state index contributed by atoms with van der Waals surface area (Å²) in [6.45, 7) is 1.72. The number of amides is 1. The van der Waals surface area contributed by atoms with Crippen molar-refractivity contribution in [3.8, 4) is 17.2 Å². The van der Waals surface area contributed by atoms with Gasteiger partial charge < -0.3 is 19.5 Å². The summed E-state index contributed by atoms with van der Waals surface area (Å²) in [4.78, 5) is 12.1. The molecule has 0 radical (unpaired) electrons. The Morgan fingerprint density at radius 2 is 1.83 bits per heavy atom. The third kappa shape index (κ3) is 3.74. The van der Waals surface area contributed by atoms with Crippen molar-refractivity contribution in [2.75, 3.05) is 26.9 Å². The van der Waals surface area contributed by atoms with Gasteiger partial charge in [-0.3, -0.25) is 4.79 Å². The highest BCUT2D eigenvalue weighted by Gasteiger charge is 2.12. The lowest BCUT2D eigenvalue weighted by Gasteiger charge is -2.18. The largest absolute Gasteiger partial charge is 0.497 e. The molecule has 1 aliphatic rings. The van der Waals surface area contributed by atoms with Crippen LogP contribution in [0.2, 0.25) is 0 Å². The molecular weight excluding hydrogens is 294 g/mol. The molecule has 0 fully saturated rings. The molecule has 1 N–H and O–H groups in total. The third-order valence-corrected chi connectivity index (χ3v) is 3.66. The summed E-state index contributed by atoms with van der Waals surface area (Å²) in [6, 6.07) is 12.9. The summed E-state index contributed by atoms with van der Waals surface area (Å²) in [5.74, 6) is 2.19. The Balaban J connectivity index is 1.53. The molecule has 1 amide bonds. The van der Waals surface area contributed by atoms with E-state index in [1.165, 1.54) is 0 Å². The lowest BCUT2D eigenvalue weighted by molar-refractivity contribution is 0.0954. The highest BCUT2D eigenvalue weighted by Crippen LogP contribution is 2.30. The number of hydrogen-bond acceptors (Lipinski definition) is 4. The molecular formula is C18H19NO4. The number of rotatable bonds is 5. The van der Waals surface area contributed by atoms with Crippen LogP contribution in [0.15, 0.2) is 42.5 Å². The van der Waals surface area contributed by atoms with Gasteiger partial charge in [-0.15, -0.1) is 0 Å². The quantitative estimate of drug-likeness (QED) is 0.921. The molecule has 3 rings (SSSR count). The molecule has 2 aromatic carbocycles. The zero-order valence-corrected chi connectivity index (χ0v) is 13.0. The van der Waals surface area contributed by atoms with Crippen LogP contribution in [0.1, 0.15) is 15.9 Å². The molecule has 0 unspecified atom stereocenters. The minimum atomic E-state index is -0.0924. The Hall–Kier alpha value is -2.69. The van der Waals surface area contributed by atoms with E-state index in [1.54, 1.807) is 31.4 Å². The Labute approximate surface area is 135 Å². The van der Waals surface area contributed by atoms with E-state index < -0.39 is 0 Å². The van der Waals surface area contributed by atoms with Gasteiger partial charge >= 0.3 is 0 Å². The molecule has 2 aromatic rings. The van der Waals surface area contributed by atoms with Gasteiger partial charge in [-0.2, -0.15) is 0 Å². The molecule has 0 saturated carbocycles. The molecule has 0 aromatic heterocycles. The zero-order valence-electron chi connectivity index (χ0n) is 13.0. The average Bonchev–Trinajstić information content (AvgIpc) is 2.61. The molecule has 0 atom stereocenters. The molecule has 0 bridgehead atoms. The van der Waals surface area contributed by atoms with Crippen LogP contribution in [0.3, 0.4) is 0 Å². The highest BCUT2D eigenvalue weighted by atomic mass is 16.6. The van der Waals surface area contributed by atoms with Crippen LogP contribution >= 0.6 is 0 Å². The van der Waals surface area contributed by atoms with Crippen LogP contribution < -0.4 is 19.5 Å². The minimum Gasteiger partial charge on any atom is -0.497 e. The Kier molecular flexibility index (Phi) is 4.66. The fraction of sp³-hybridized carbons (Fsp3) is 0.278. The van der Waals surface area contributed by atoms with Crippen molar-refractivity contribution in [1.82, 2.24) is 5.32 Å². The summed E-state index contributed by atoms with van der Waals surface area (Å²) >= 11 is 0. The summed E-state index contributed by atoms with van der Waals surface area (Å²) in [5, 5.41) is 2.91. The number of carbonyl (C=O) groups excluding carboxylic acids is 1. The molecule has 0 saturated heterocycles. The van der Waals surface area contributed by atoms with Crippen LogP contribution in [-0.2, 0) is 6.42 Å². The monoisotopic (exact) mass is 313 g/mol. The maximum atomic E-state index is 12.1. The topological polar surface area (TPSA) is 56.8 Å². The van der Waals surface area contributed by atoms with Gasteiger partial charge in [0, 0.05) is 12.1 Å². The second-order valence-electron chi connectivity index (χ2n) is 5.21. The molecule has 5 heteroatoms. The van der Waals surface area contributed by atoms with Gasteiger partial charge in [-0.25, -0.2) is 0 Å². The molecule has 0 aliphatic carbocycles. The lowest BCUT2D eigenvalue weighted by Crippen LogP contribution is -2.25. The minimum absolute atomic E-state index is 0.0924. The van der Waals surface area contributed by atoms with Gasteiger partial charge in [-0.1, -0.05) is 6.07 Å². The molecule has 1 heterocycles. The fourth-order valence-corrected chi connectivity index (χ4v) is 2.41. The summed E-state index contributed by atoms with van der Waals surface area (Å²) < 4.78 is 16.1. The number of benzene rings is 2. The smallest absolute Gasteiger partial charge is 0.251 e. The number of methoxy groups -OCH3 is 1. The predicted molar refractivity (Wildman–Crippen MR) is 86.5 cm³/mol. The number of hydrogen-bond donors (Lipinski definition) is 1. The third-order valence-electron chi connectivity index (χ3n) is 3.66. The molecule has 0 spiro atoms. The van der Waals surface area contributed by atoms with E-state index in [4.69, 9.17) is 14.2 Å². The van der Waals surface area contributed by atoms with Gasteiger partial charge in [0.15, 0.2) is 11.5 Å². The van der Waals surface area contributed by atoms with Crippen molar-refractivity contribution in [2.24, 2.45) is 0 Å². The van der Waals surface area contributed by atoms with Crippen molar-refractivity contribution in [3.05, 3.63) is 53.6 Å². The Morgan fingerprint density at radius 1 is 1.09 bits per heavy atom. The average molecular weight is 313 g/mol. The van der Waals surface area contributed by atoms with Crippen LogP contribution in [0.25, 0.3) is 0 Å². The molecule has 5 nitrogen and oxygen atoms in total. The summed E-state index contributed by atoms with van der Waals surface area (Å²) in [5.41, 5.74) is 1.72. The van der Waals surface area contributed by atoms with E-state index in [2.05, 4.69) is 5.32 Å². The second kappa shape index (κ2) is 7.05. The van der Waals surface area contributed by atoms with Crippen LogP contribution in [0.5, 0.6) is 17.2 Å². The summed E-state index contributed by atoms with van der Waals surface area (Å²) in [7, 11) is 1.60. The first-order valence-corrected chi connectivity index (χ1v) is 7.57. The Bertz CT molecular complexity index is 682. The number of ether oxygens (including phenoxy) is 3. The predicted octanol–water partition coefficient (Wildman–Crippen LogP) is 2.44. The molecule has 120 valence electrons. The van der Waals surface area contributed by atoms with Crippen molar-refractivity contribution in [2.45, 2.75) is 6.42 Å². The number of nitrogens with one attached hydrogen (secondary N) is 1. The SMILES string of the molecule is COc1ccc(C(=O)NCCc2ccc3c(c2)OCCO3)cc1. The van der Waals surface area contributed by atoms with Crippen molar-refractivity contribution >= 4 is 5.91 Å². The summed E-state index contributed by atoms with van der Waals surface area (Å²) in [6.07, 6.45) is 0.735. The van der Waals surface area contributed by atoms with E-state index in [9.17, 15) is 4.79 Å². The van der Waals surface area contributed by atoms with Crippen LogP contribution in [0.4, 0.5) is 0 Å². The lowest BCUT2D eigenvalue weighted by atomic mass is 10.1. The standard InChI is InChI=1S/C18H19NO4/c1-21-15-5-3-14(4-6-15)18(20)19-9-8-13-2-7-16-17(12-13)23-11-10-22-16/h2-7,12H,8-11H2,1H3,(H,19,20). The van der Waals surface area contributed by atoms with Gasteiger partial charge in [0.25, 0.3) is 5.91 Å². The van der Waals surface area contributed by atoms with E-state index in [-0.39, 0.29) is 5.91 Å². The van der Waals surface area contributed by atoms with Crippen molar-refractivity contribution < 1.29 is 19.0 Å². The first-order valence-electron chi connectivity index (χ1n) is 7.57. The van der Waals surface area contributed by atoms with Gasteiger partial charge in [-0.05, 0) is 48.4 Å². The maximum absolute atomic E-state index is 12.1. The van der Waals surface area contributed by atoms with Crippen LogP contribution in [0, 0.1) is 0 Å².